The third kappa shape index (κ3) is 4.60. The molecule has 0 unspecified atom stereocenters. The van der Waals surface area contributed by atoms with E-state index in [9.17, 15) is 9.59 Å². The number of rotatable bonds is 4. The van der Waals surface area contributed by atoms with E-state index in [1.165, 1.54) is 0 Å². The third-order valence-corrected chi connectivity index (χ3v) is 5.18. The first-order chi connectivity index (χ1) is 12.0. The van der Waals surface area contributed by atoms with Gasteiger partial charge in [0.15, 0.2) is 0 Å². The molecule has 25 heavy (non-hydrogen) atoms. The molecule has 2 fully saturated rings. The smallest absolute Gasteiger partial charge is 0.244 e. The number of likely N-dealkylation sites (tertiary alicyclic amines) is 1. The fourth-order valence-corrected chi connectivity index (χ4v) is 3.64. The molecule has 138 valence electrons. The molecule has 0 saturated carbocycles. The molecule has 1 aromatic heterocycles. The van der Waals surface area contributed by atoms with Gasteiger partial charge in [-0.2, -0.15) is 5.10 Å². The second kappa shape index (κ2) is 7.99. The predicted octanol–water partition coefficient (Wildman–Crippen LogP) is 0.987. The molecule has 0 aliphatic carbocycles. The molecule has 3 heterocycles. The van der Waals surface area contributed by atoms with Crippen molar-refractivity contribution in [3.63, 3.8) is 0 Å². The van der Waals surface area contributed by atoms with Crippen LogP contribution in [0.5, 0.6) is 0 Å². The van der Waals surface area contributed by atoms with Crippen molar-refractivity contribution in [1.82, 2.24) is 19.6 Å². The van der Waals surface area contributed by atoms with Gasteiger partial charge in [-0.15, -0.1) is 0 Å². The number of ether oxygens (including phenoxy) is 1. The summed E-state index contributed by atoms with van der Waals surface area (Å²) in [6.45, 7) is 8.38. The van der Waals surface area contributed by atoms with Crippen molar-refractivity contribution in [2.24, 2.45) is 5.92 Å². The average molecular weight is 348 g/mol. The average Bonchev–Trinajstić information content (AvgIpc) is 2.93. The maximum atomic E-state index is 12.5. The van der Waals surface area contributed by atoms with E-state index in [1.54, 1.807) is 4.68 Å². The molecule has 2 aliphatic heterocycles. The highest BCUT2D eigenvalue weighted by atomic mass is 16.5. The zero-order valence-corrected chi connectivity index (χ0v) is 15.2. The van der Waals surface area contributed by atoms with Gasteiger partial charge in [0.05, 0.1) is 18.9 Å². The molecule has 1 aromatic rings. The Balaban J connectivity index is 1.44. The van der Waals surface area contributed by atoms with E-state index < -0.39 is 0 Å². The lowest BCUT2D eigenvalue weighted by atomic mass is 9.93. The lowest BCUT2D eigenvalue weighted by molar-refractivity contribution is -0.137. The minimum Gasteiger partial charge on any atom is -0.378 e. The van der Waals surface area contributed by atoms with Crippen molar-refractivity contribution in [2.75, 3.05) is 39.4 Å². The Bertz CT molecular complexity index is 614. The first-order valence-electron chi connectivity index (χ1n) is 9.17. The number of hydrogen-bond acceptors (Lipinski definition) is 4. The Kier molecular flexibility index (Phi) is 5.73. The first-order valence-corrected chi connectivity index (χ1v) is 9.17. The number of morpholine rings is 1. The van der Waals surface area contributed by atoms with Crippen LogP contribution in [0, 0.1) is 19.8 Å². The monoisotopic (exact) mass is 348 g/mol. The summed E-state index contributed by atoms with van der Waals surface area (Å²) >= 11 is 0. The zero-order valence-electron chi connectivity index (χ0n) is 15.2. The second-order valence-electron chi connectivity index (χ2n) is 7.11. The van der Waals surface area contributed by atoms with E-state index in [2.05, 4.69) is 5.10 Å². The standard InChI is InChI=1S/C18H28N4O3/c1-14-11-15(2)22(19-14)13-18(24)20-5-3-16(4-6-20)12-17(23)21-7-9-25-10-8-21/h11,16H,3-10,12-13H2,1-2H3. The number of piperidine rings is 1. The van der Waals surface area contributed by atoms with E-state index in [1.807, 2.05) is 29.7 Å². The summed E-state index contributed by atoms with van der Waals surface area (Å²) in [7, 11) is 0. The highest BCUT2D eigenvalue weighted by Gasteiger charge is 2.27. The van der Waals surface area contributed by atoms with Crippen molar-refractivity contribution < 1.29 is 14.3 Å². The van der Waals surface area contributed by atoms with Crippen LogP contribution in [-0.2, 0) is 20.9 Å². The van der Waals surface area contributed by atoms with E-state index in [0.717, 1.165) is 37.3 Å². The Morgan fingerprint density at radius 3 is 2.32 bits per heavy atom. The van der Waals surface area contributed by atoms with Gasteiger partial charge in [-0.1, -0.05) is 0 Å². The molecule has 2 saturated heterocycles. The topological polar surface area (TPSA) is 67.7 Å². The first kappa shape index (κ1) is 17.9. The molecule has 2 amide bonds. The SMILES string of the molecule is Cc1cc(C)n(CC(=O)N2CCC(CC(=O)N3CCOCC3)CC2)n1. The Morgan fingerprint density at radius 2 is 1.72 bits per heavy atom. The molecule has 2 aliphatic rings. The number of carbonyl (C=O) groups is 2. The van der Waals surface area contributed by atoms with E-state index in [0.29, 0.717) is 45.2 Å². The predicted molar refractivity (Wildman–Crippen MR) is 93.0 cm³/mol. The molecule has 0 atom stereocenters. The van der Waals surface area contributed by atoms with Gasteiger partial charge in [0, 0.05) is 38.3 Å². The van der Waals surface area contributed by atoms with Crippen LogP contribution < -0.4 is 0 Å². The van der Waals surface area contributed by atoms with E-state index in [-0.39, 0.29) is 11.8 Å². The Hall–Kier alpha value is -1.89. The van der Waals surface area contributed by atoms with Gasteiger partial charge in [-0.05, 0) is 38.7 Å². The summed E-state index contributed by atoms with van der Waals surface area (Å²) in [4.78, 5) is 28.6. The summed E-state index contributed by atoms with van der Waals surface area (Å²) in [5.41, 5.74) is 1.95. The van der Waals surface area contributed by atoms with Gasteiger partial charge in [0.2, 0.25) is 11.8 Å². The molecule has 7 nitrogen and oxygen atoms in total. The molecule has 0 aromatic carbocycles. The second-order valence-corrected chi connectivity index (χ2v) is 7.11. The number of aromatic nitrogens is 2. The van der Waals surface area contributed by atoms with Gasteiger partial charge in [0.25, 0.3) is 0 Å². The summed E-state index contributed by atoms with van der Waals surface area (Å²) < 4.78 is 7.06. The van der Waals surface area contributed by atoms with Gasteiger partial charge in [0.1, 0.15) is 6.54 Å². The van der Waals surface area contributed by atoms with Crippen LogP contribution in [0.4, 0.5) is 0 Å². The number of carbonyl (C=O) groups excluding carboxylic acids is 2. The van der Waals surface area contributed by atoms with Crippen LogP contribution in [0.2, 0.25) is 0 Å². The molecule has 0 bridgehead atoms. The van der Waals surface area contributed by atoms with Crippen molar-refractivity contribution in [1.29, 1.82) is 0 Å². The molecule has 3 rings (SSSR count). The van der Waals surface area contributed by atoms with Crippen molar-refractivity contribution in [3.8, 4) is 0 Å². The molecule has 0 radical (unpaired) electrons. The summed E-state index contributed by atoms with van der Waals surface area (Å²) in [5, 5.41) is 4.36. The molecule has 0 spiro atoms. The fourth-order valence-electron chi connectivity index (χ4n) is 3.64. The maximum absolute atomic E-state index is 12.5. The van der Waals surface area contributed by atoms with Crippen LogP contribution in [0.1, 0.15) is 30.7 Å². The van der Waals surface area contributed by atoms with Crippen LogP contribution in [0.3, 0.4) is 0 Å². The Labute approximate surface area is 148 Å². The van der Waals surface area contributed by atoms with Crippen LogP contribution in [-0.4, -0.2) is 70.8 Å². The lowest BCUT2D eigenvalue weighted by Crippen LogP contribution is -2.44. The molecule has 0 N–H and O–H groups in total. The number of hydrogen-bond donors (Lipinski definition) is 0. The highest BCUT2D eigenvalue weighted by Crippen LogP contribution is 2.22. The fraction of sp³-hybridized carbons (Fsp3) is 0.722. The van der Waals surface area contributed by atoms with Gasteiger partial charge in [-0.3, -0.25) is 14.3 Å². The van der Waals surface area contributed by atoms with Crippen molar-refractivity contribution in [3.05, 3.63) is 17.5 Å². The third-order valence-electron chi connectivity index (χ3n) is 5.18. The van der Waals surface area contributed by atoms with Gasteiger partial charge >= 0.3 is 0 Å². The van der Waals surface area contributed by atoms with Crippen molar-refractivity contribution in [2.45, 2.75) is 39.7 Å². The largest absolute Gasteiger partial charge is 0.378 e. The summed E-state index contributed by atoms with van der Waals surface area (Å²) in [5.74, 6) is 0.730. The molecular weight excluding hydrogens is 320 g/mol. The minimum absolute atomic E-state index is 0.115. The number of aryl methyl sites for hydroxylation is 2. The zero-order chi connectivity index (χ0) is 17.8. The minimum atomic E-state index is 0.115. The quantitative estimate of drug-likeness (QED) is 0.814. The molecule has 7 heteroatoms. The lowest BCUT2D eigenvalue weighted by Gasteiger charge is -2.33. The van der Waals surface area contributed by atoms with Crippen molar-refractivity contribution >= 4 is 11.8 Å². The van der Waals surface area contributed by atoms with Crippen LogP contribution >= 0.6 is 0 Å². The number of amides is 2. The van der Waals surface area contributed by atoms with Crippen LogP contribution in [0.15, 0.2) is 6.07 Å². The number of nitrogens with zero attached hydrogens (tertiary/aromatic N) is 4. The van der Waals surface area contributed by atoms with E-state index >= 15 is 0 Å². The highest BCUT2D eigenvalue weighted by molar-refractivity contribution is 5.77. The van der Waals surface area contributed by atoms with E-state index in [4.69, 9.17) is 4.74 Å². The normalized spacial score (nSPS) is 19.3. The Morgan fingerprint density at radius 1 is 1.08 bits per heavy atom. The van der Waals surface area contributed by atoms with Gasteiger partial charge < -0.3 is 14.5 Å². The summed E-state index contributed by atoms with van der Waals surface area (Å²) in [6, 6.07) is 1.98. The maximum Gasteiger partial charge on any atom is 0.244 e. The molecular formula is C18H28N4O3. The van der Waals surface area contributed by atoms with Gasteiger partial charge in [-0.25, -0.2) is 0 Å². The van der Waals surface area contributed by atoms with Crippen LogP contribution in [0.25, 0.3) is 0 Å². The summed E-state index contributed by atoms with van der Waals surface area (Å²) in [6.07, 6.45) is 2.40.